The van der Waals surface area contributed by atoms with E-state index in [9.17, 15) is 36.6 Å². The fraction of sp³-hybridized carbons (Fsp3) is 0.478. The molecule has 5 heterocycles. The first-order chi connectivity index (χ1) is 31.4. The van der Waals surface area contributed by atoms with E-state index >= 15 is 8.78 Å². The quantitative estimate of drug-likeness (QED) is 0.0849. The number of alkyl halides is 5. The highest BCUT2D eigenvalue weighted by atomic mass is 19.4. The lowest BCUT2D eigenvalue weighted by Crippen LogP contribution is -2.62. The Labute approximate surface area is 377 Å². The largest absolute Gasteiger partial charge is 0.453 e. The van der Waals surface area contributed by atoms with Crippen molar-refractivity contribution in [3.05, 3.63) is 101 Å². The maximum Gasteiger partial charge on any atom is 0.407 e. The number of rotatable bonds is 16. The number of ether oxygens (including phenoxy) is 2. The Bertz CT molecular complexity index is 2350. The monoisotopic (exact) mass is 928 g/mol. The third-order valence-electron chi connectivity index (χ3n) is 12.4. The Balaban J connectivity index is 1.02. The molecule has 0 aliphatic carbocycles. The van der Waals surface area contributed by atoms with Gasteiger partial charge in [0, 0.05) is 72.9 Å². The lowest BCUT2D eigenvalue weighted by molar-refractivity contribution is -0.220. The van der Waals surface area contributed by atoms with E-state index < -0.39 is 85.0 Å². The summed E-state index contributed by atoms with van der Waals surface area (Å²) >= 11 is 0. The van der Waals surface area contributed by atoms with Crippen molar-refractivity contribution < 1.29 is 54.9 Å². The summed E-state index contributed by atoms with van der Waals surface area (Å²) in [5, 5.41) is 22.5. The van der Waals surface area contributed by atoms with E-state index in [1.54, 1.807) is 30.5 Å². The zero-order valence-corrected chi connectivity index (χ0v) is 36.4. The SMILES string of the molecule is COC(=O)N[C@H](C(=O)N[C@@H](Cc1ccc(C#Cc2ccc(N3CC4CCC(C3)N4C3COC3)nc2)cc1)[C@@H](O)CNCc1c(F)cc(-c2ccn(CC(F)F)n2)cc1F)C(C)(C)C(F)(F)F. The molecule has 7 rings (SSSR count). The van der Waals surface area contributed by atoms with Crippen LogP contribution in [0.15, 0.2) is 67.0 Å². The van der Waals surface area contributed by atoms with Gasteiger partial charge in [0.2, 0.25) is 5.91 Å². The Morgan fingerprint density at radius 2 is 1.59 bits per heavy atom. The molecule has 2 unspecified atom stereocenters. The highest BCUT2D eigenvalue weighted by Gasteiger charge is 2.56. The molecule has 2 aromatic carbocycles. The van der Waals surface area contributed by atoms with E-state index in [2.05, 4.69) is 42.1 Å². The van der Waals surface area contributed by atoms with Crippen LogP contribution in [-0.2, 0) is 33.8 Å². The van der Waals surface area contributed by atoms with Crippen LogP contribution in [0.25, 0.3) is 11.3 Å². The van der Waals surface area contributed by atoms with E-state index in [4.69, 9.17) is 9.72 Å². The van der Waals surface area contributed by atoms with Gasteiger partial charge in [0.05, 0.1) is 49.6 Å². The van der Waals surface area contributed by atoms with Crippen molar-refractivity contribution >= 4 is 17.8 Å². The Morgan fingerprint density at radius 3 is 2.17 bits per heavy atom. The summed E-state index contributed by atoms with van der Waals surface area (Å²) in [4.78, 5) is 35.5. The molecule has 5 atom stereocenters. The molecule has 3 aliphatic heterocycles. The molecule has 3 saturated heterocycles. The average molecular weight is 929 g/mol. The van der Waals surface area contributed by atoms with Gasteiger partial charge in [0.15, 0.2) is 0 Å². The first-order valence-corrected chi connectivity index (χ1v) is 21.5. The number of methoxy groups -OCH3 is 1. The highest BCUT2D eigenvalue weighted by molar-refractivity contribution is 5.87. The highest BCUT2D eigenvalue weighted by Crippen LogP contribution is 2.41. The summed E-state index contributed by atoms with van der Waals surface area (Å²) in [5.74, 6) is 3.81. The van der Waals surface area contributed by atoms with Gasteiger partial charge in [0.25, 0.3) is 6.43 Å². The number of nitrogens with one attached hydrogen (secondary N) is 3. The molecule has 0 radical (unpaired) electrons. The van der Waals surface area contributed by atoms with Gasteiger partial charge in [-0.25, -0.2) is 27.3 Å². The average Bonchev–Trinajstić information content (AvgIpc) is 3.81. The molecule has 4 aromatic rings. The number of fused-ring (bicyclic) bond motifs is 2. The number of piperazine rings is 1. The van der Waals surface area contributed by atoms with Gasteiger partial charge in [-0.15, -0.1) is 0 Å². The Kier molecular flexibility index (Phi) is 14.9. The van der Waals surface area contributed by atoms with Crippen molar-refractivity contribution in [2.45, 2.75) is 95.1 Å². The molecule has 13 nitrogen and oxygen atoms in total. The van der Waals surface area contributed by atoms with Gasteiger partial charge in [-0.3, -0.25) is 14.4 Å². The van der Waals surface area contributed by atoms with Gasteiger partial charge >= 0.3 is 12.3 Å². The van der Waals surface area contributed by atoms with Crippen molar-refractivity contribution in [3.8, 4) is 23.1 Å². The molecule has 2 amide bonds. The Hall–Kier alpha value is -5.75. The zero-order chi connectivity index (χ0) is 47.3. The lowest BCUT2D eigenvalue weighted by atomic mass is 9.82. The molecule has 354 valence electrons. The van der Waals surface area contributed by atoms with Crippen molar-refractivity contribution in [3.63, 3.8) is 0 Å². The normalized spacial score (nSPS) is 19.1. The second-order valence-corrected chi connectivity index (χ2v) is 17.3. The van der Waals surface area contributed by atoms with Crippen LogP contribution in [0.3, 0.4) is 0 Å². The summed E-state index contributed by atoms with van der Waals surface area (Å²) in [6.07, 6.45) is -5.35. The number of benzene rings is 2. The van der Waals surface area contributed by atoms with E-state index in [1.165, 1.54) is 12.3 Å². The molecule has 2 bridgehead atoms. The molecule has 3 aliphatic rings. The molecule has 0 spiro atoms. The van der Waals surface area contributed by atoms with Gasteiger partial charge in [0.1, 0.15) is 30.0 Å². The summed E-state index contributed by atoms with van der Waals surface area (Å²) in [7, 11) is 0.923. The van der Waals surface area contributed by atoms with E-state index in [0.717, 1.165) is 82.7 Å². The molecule has 4 N–H and O–H groups in total. The van der Waals surface area contributed by atoms with Crippen molar-refractivity contribution in [2.75, 3.05) is 44.9 Å². The van der Waals surface area contributed by atoms with Crippen LogP contribution in [0.2, 0.25) is 0 Å². The number of hydrogen-bond acceptors (Lipinski definition) is 10. The third-order valence-corrected chi connectivity index (χ3v) is 12.4. The molecule has 0 saturated carbocycles. The second kappa shape index (κ2) is 20.4. The predicted octanol–water partition coefficient (Wildman–Crippen LogP) is 5.43. The van der Waals surface area contributed by atoms with Crippen LogP contribution < -0.4 is 20.9 Å². The first kappa shape index (κ1) is 48.2. The minimum absolute atomic E-state index is 0.00358. The van der Waals surface area contributed by atoms with Crippen LogP contribution >= 0.6 is 0 Å². The number of aliphatic hydroxyl groups excluding tert-OH is 1. The number of alkyl carbamates (subject to hydrolysis) is 1. The van der Waals surface area contributed by atoms with Gasteiger partial charge < -0.3 is 35.4 Å². The minimum Gasteiger partial charge on any atom is -0.453 e. The molecule has 2 aromatic heterocycles. The van der Waals surface area contributed by atoms with Gasteiger partial charge in [-0.2, -0.15) is 18.3 Å². The number of aliphatic hydroxyl groups is 1. The summed E-state index contributed by atoms with van der Waals surface area (Å²) in [6.45, 7) is 3.29. The molecule has 3 fully saturated rings. The smallest absolute Gasteiger partial charge is 0.407 e. The van der Waals surface area contributed by atoms with E-state index in [-0.39, 0.29) is 17.7 Å². The number of carbonyl (C=O) groups excluding carboxylic acids is 2. The van der Waals surface area contributed by atoms with E-state index in [0.29, 0.717) is 34.8 Å². The Morgan fingerprint density at radius 1 is 0.939 bits per heavy atom. The zero-order valence-electron chi connectivity index (χ0n) is 36.4. The number of carbonyl (C=O) groups is 2. The number of anilines is 1. The molecule has 20 heteroatoms. The van der Waals surface area contributed by atoms with Crippen LogP contribution in [0.4, 0.5) is 41.3 Å². The number of halogens is 7. The minimum atomic E-state index is -4.98. The fourth-order valence-corrected chi connectivity index (χ4v) is 8.51. The number of hydrogen-bond donors (Lipinski definition) is 4. The topological polar surface area (TPSA) is 146 Å². The molecular formula is C46H51F7N8O5. The maximum absolute atomic E-state index is 15.2. The fourth-order valence-electron chi connectivity index (χ4n) is 8.51. The van der Waals surface area contributed by atoms with Crippen LogP contribution in [0.5, 0.6) is 0 Å². The van der Waals surface area contributed by atoms with Crippen LogP contribution in [0.1, 0.15) is 48.9 Å². The predicted molar refractivity (Wildman–Crippen MR) is 228 cm³/mol. The molecular weight excluding hydrogens is 878 g/mol. The molecule has 66 heavy (non-hydrogen) atoms. The standard InChI is InChI=1S/C46H51F7N8O5/c1-45(2,46(51,52)53)42(57-44(64)65-3)43(63)56-38(39(62)21-54-20-34-35(47)17-30(18-36(34)48)37-14-15-60(58-37)24-40(49)50)16-28-7-4-27(5-8-28)6-9-29-10-13-41(55-19-29)59-22-31-11-12-32(23-59)61(31)33-25-66-26-33/h4-5,7-8,10,13-15,17-19,31-33,38-40,42,54,62H,11-12,16,20-26H2,1-3H3,(H,56,63)(H,57,64)/t31?,32?,38-,39-,42+/m0/s1. The summed E-state index contributed by atoms with van der Waals surface area (Å²) in [5.41, 5.74) is -1.34. The number of nitrogens with zero attached hydrogens (tertiary/aromatic N) is 5. The van der Waals surface area contributed by atoms with Crippen molar-refractivity contribution in [2.24, 2.45) is 5.41 Å². The van der Waals surface area contributed by atoms with Crippen molar-refractivity contribution in [1.29, 1.82) is 0 Å². The summed E-state index contributed by atoms with van der Waals surface area (Å²) < 4.78 is 110. The number of amides is 2. The number of aromatic nitrogens is 3. The second-order valence-electron chi connectivity index (χ2n) is 17.3. The first-order valence-electron chi connectivity index (χ1n) is 21.5. The third kappa shape index (κ3) is 11.3. The number of pyridine rings is 1. The van der Waals surface area contributed by atoms with Gasteiger partial charge in [-0.05, 0) is 81.1 Å². The maximum atomic E-state index is 15.2. The van der Waals surface area contributed by atoms with E-state index in [1.807, 2.05) is 17.4 Å². The lowest BCUT2D eigenvalue weighted by Gasteiger charge is -2.47. The van der Waals surface area contributed by atoms with Crippen LogP contribution in [-0.4, -0.2) is 126 Å². The van der Waals surface area contributed by atoms with Gasteiger partial charge in [-0.1, -0.05) is 24.0 Å². The summed E-state index contributed by atoms with van der Waals surface area (Å²) in [6, 6.07) is 11.9. The van der Waals surface area contributed by atoms with Crippen LogP contribution in [0, 0.1) is 28.9 Å². The van der Waals surface area contributed by atoms with Crippen molar-refractivity contribution in [1.82, 2.24) is 35.6 Å².